The second-order valence-electron chi connectivity index (χ2n) is 5.49. The highest BCUT2D eigenvalue weighted by Crippen LogP contribution is 2.15. The molecule has 1 aliphatic heterocycles. The molecular weight excluding hydrogens is 394 g/mol. The fourth-order valence-electron chi connectivity index (χ4n) is 2.20. The molecule has 4 N–H and O–H groups in total. The van der Waals surface area contributed by atoms with Crippen molar-refractivity contribution in [3.63, 3.8) is 0 Å². The number of aliphatic hydroxyl groups is 1. The molecule has 2 rings (SSSR count). The maximum absolute atomic E-state index is 11.8. The molecule has 0 aromatic heterocycles. The van der Waals surface area contributed by atoms with Gasteiger partial charge in [0.05, 0.1) is 13.2 Å². The molecular formula is C16H26BrN3O5. The number of rotatable bonds is 8. The molecule has 0 spiro atoms. The number of ether oxygens (including phenoxy) is 2. The van der Waals surface area contributed by atoms with Gasteiger partial charge in [-0.25, -0.2) is 4.79 Å². The van der Waals surface area contributed by atoms with Crippen LogP contribution in [-0.4, -0.2) is 79.8 Å². The van der Waals surface area contributed by atoms with E-state index in [0.717, 1.165) is 0 Å². The lowest BCUT2D eigenvalue weighted by Gasteiger charge is -2.27. The molecule has 25 heavy (non-hydrogen) atoms. The summed E-state index contributed by atoms with van der Waals surface area (Å²) in [4.78, 5) is 13.5. The number of morpholine rings is 1. The maximum Gasteiger partial charge on any atom is 0.317 e. The molecule has 2 amide bonds. The average molecular weight is 420 g/mol. The molecule has 1 aromatic rings. The van der Waals surface area contributed by atoms with E-state index in [4.69, 9.17) is 14.6 Å². The van der Waals surface area contributed by atoms with Gasteiger partial charge in [0.15, 0.2) is 0 Å². The Balaban J connectivity index is 0.00000312. The number of amides is 2. The van der Waals surface area contributed by atoms with Crippen molar-refractivity contribution in [1.29, 1.82) is 0 Å². The number of urea groups is 1. The first-order valence-electron chi connectivity index (χ1n) is 8.06. The molecule has 1 heterocycles. The van der Waals surface area contributed by atoms with Crippen LogP contribution in [0.4, 0.5) is 4.79 Å². The SMILES string of the molecule is Br.O=C(NCCNCC(O)COc1ccc(O)cc1)N1CCOCC1. The third-order valence-corrected chi connectivity index (χ3v) is 3.54. The molecule has 0 bridgehead atoms. The van der Waals surface area contributed by atoms with E-state index >= 15 is 0 Å². The van der Waals surface area contributed by atoms with E-state index in [1.54, 1.807) is 17.0 Å². The summed E-state index contributed by atoms with van der Waals surface area (Å²) < 4.78 is 10.6. The quantitative estimate of drug-likeness (QED) is 0.453. The van der Waals surface area contributed by atoms with E-state index in [2.05, 4.69) is 10.6 Å². The summed E-state index contributed by atoms with van der Waals surface area (Å²) in [5, 5.41) is 24.9. The van der Waals surface area contributed by atoms with Gasteiger partial charge >= 0.3 is 6.03 Å². The van der Waals surface area contributed by atoms with Crippen molar-refractivity contribution in [3.8, 4) is 11.5 Å². The van der Waals surface area contributed by atoms with Crippen molar-refractivity contribution in [3.05, 3.63) is 24.3 Å². The van der Waals surface area contributed by atoms with Crippen LogP contribution in [0, 0.1) is 0 Å². The Morgan fingerprint density at radius 3 is 2.60 bits per heavy atom. The monoisotopic (exact) mass is 419 g/mol. The lowest BCUT2D eigenvalue weighted by Crippen LogP contribution is -2.47. The van der Waals surface area contributed by atoms with Crippen LogP contribution in [0.3, 0.4) is 0 Å². The van der Waals surface area contributed by atoms with Crippen LogP contribution in [0.5, 0.6) is 11.5 Å². The highest BCUT2D eigenvalue weighted by molar-refractivity contribution is 8.93. The van der Waals surface area contributed by atoms with Gasteiger partial charge in [0.2, 0.25) is 0 Å². The van der Waals surface area contributed by atoms with E-state index in [1.165, 1.54) is 12.1 Å². The highest BCUT2D eigenvalue weighted by Gasteiger charge is 2.15. The second kappa shape index (κ2) is 11.9. The Labute approximate surface area is 157 Å². The smallest absolute Gasteiger partial charge is 0.317 e. The van der Waals surface area contributed by atoms with Crippen molar-refractivity contribution in [2.24, 2.45) is 0 Å². The van der Waals surface area contributed by atoms with Gasteiger partial charge in [0.1, 0.15) is 24.2 Å². The first kappa shape index (κ1) is 21.5. The number of nitrogens with one attached hydrogen (secondary N) is 2. The summed E-state index contributed by atoms with van der Waals surface area (Å²) in [6.07, 6.45) is -0.659. The van der Waals surface area contributed by atoms with E-state index in [-0.39, 0.29) is 35.4 Å². The zero-order valence-corrected chi connectivity index (χ0v) is 15.7. The Morgan fingerprint density at radius 1 is 1.24 bits per heavy atom. The van der Waals surface area contributed by atoms with Crippen LogP contribution in [-0.2, 0) is 4.74 Å². The number of nitrogens with zero attached hydrogens (tertiary/aromatic N) is 1. The van der Waals surface area contributed by atoms with Gasteiger partial charge in [-0.2, -0.15) is 0 Å². The number of benzene rings is 1. The number of carbonyl (C=O) groups excluding carboxylic acids is 1. The van der Waals surface area contributed by atoms with E-state index in [9.17, 15) is 9.90 Å². The number of hydrogen-bond donors (Lipinski definition) is 4. The molecule has 8 nitrogen and oxygen atoms in total. The van der Waals surface area contributed by atoms with Crippen molar-refractivity contribution in [2.45, 2.75) is 6.10 Å². The van der Waals surface area contributed by atoms with Crippen LogP contribution in [0.1, 0.15) is 0 Å². The van der Waals surface area contributed by atoms with E-state index in [1.807, 2.05) is 0 Å². The number of phenols is 1. The molecule has 142 valence electrons. The predicted molar refractivity (Wildman–Crippen MR) is 98.6 cm³/mol. The molecule has 1 fully saturated rings. The van der Waals surface area contributed by atoms with Gasteiger partial charge in [-0.05, 0) is 24.3 Å². The normalized spacial score (nSPS) is 15.2. The summed E-state index contributed by atoms with van der Waals surface area (Å²) in [6, 6.07) is 6.23. The average Bonchev–Trinajstić information content (AvgIpc) is 2.61. The number of hydrogen-bond acceptors (Lipinski definition) is 6. The summed E-state index contributed by atoms with van der Waals surface area (Å²) in [5.41, 5.74) is 0. The summed E-state index contributed by atoms with van der Waals surface area (Å²) in [6.45, 7) is 3.97. The number of aromatic hydroxyl groups is 1. The number of aliphatic hydroxyl groups excluding tert-OH is 1. The highest BCUT2D eigenvalue weighted by atomic mass is 79.9. The molecule has 1 saturated heterocycles. The Bertz CT molecular complexity index is 497. The predicted octanol–water partition coefficient (Wildman–Crippen LogP) is 0.341. The fraction of sp³-hybridized carbons (Fsp3) is 0.562. The second-order valence-corrected chi connectivity index (χ2v) is 5.49. The van der Waals surface area contributed by atoms with Crippen molar-refractivity contribution in [1.82, 2.24) is 15.5 Å². The first-order valence-corrected chi connectivity index (χ1v) is 8.06. The van der Waals surface area contributed by atoms with Gasteiger partial charge in [-0.3, -0.25) is 0 Å². The van der Waals surface area contributed by atoms with Gasteiger partial charge < -0.3 is 35.2 Å². The van der Waals surface area contributed by atoms with E-state index < -0.39 is 6.10 Å². The Hall–Kier alpha value is -1.55. The summed E-state index contributed by atoms with van der Waals surface area (Å²) in [5.74, 6) is 0.758. The van der Waals surface area contributed by atoms with Gasteiger partial charge in [0.25, 0.3) is 0 Å². The van der Waals surface area contributed by atoms with Crippen LogP contribution in [0.15, 0.2) is 24.3 Å². The van der Waals surface area contributed by atoms with Gasteiger partial charge in [-0.1, -0.05) is 0 Å². The number of halogens is 1. The molecule has 1 unspecified atom stereocenters. The van der Waals surface area contributed by atoms with Gasteiger partial charge in [-0.15, -0.1) is 17.0 Å². The molecule has 9 heteroatoms. The first-order chi connectivity index (χ1) is 11.6. The minimum Gasteiger partial charge on any atom is -0.508 e. The molecule has 1 atom stereocenters. The standard InChI is InChI=1S/C16H25N3O5.BrH/c20-13-1-3-15(4-2-13)24-12-14(21)11-17-5-6-18-16(22)19-7-9-23-10-8-19;/h1-4,14,17,20-21H,5-12H2,(H,18,22);1H. The van der Waals surface area contributed by atoms with E-state index in [0.29, 0.717) is 51.7 Å². The molecule has 1 aromatic carbocycles. The van der Waals surface area contributed by atoms with Crippen LogP contribution in [0.2, 0.25) is 0 Å². The molecule has 1 aliphatic rings. The van der Waals surface area contributed by atoms with Crippen LogP contribution < -0.4 is 15.4 Å². The Kier molecular flexibility index (Phi) is 10.2. The van der Waals surface area contributed by atoms with Crippen molar-refractivity contribution >= 4 is 23.0 Å². The van der Waals surface area contributed by atoms with Crippen molar-refractivity contribution in [2.75, 3.05) is 52.5 Å². The Morgan fingerprint density at radius 2 is 1.92 bits per heavy atom. The topological polar surface area (TPSA) is 103 Å². The maximum atomic E-state index is 11.8. The van der Waals surface area contributed by atoms with Crippen molar-refractivity contribution < 1.29 is 24.5 Å². The lowest BCUT2D eigenvalue weighted by atomic mass is 10.3. The molecule has 0 radical (unpaired) electrons. The largest absolute Gasteiger partial charge is 0.508 e. The minimum absolute atomic E-state index is 0. The van der Waals surface area contributed by atoms with Crippen LogP contribution in [0.25, 0.3) is 0 Å². The summed E-state index contributed by atoms with van der Waals surface area (Å²) >= 11 is 0. The zero-order valence-electron chi connectivity index (χ0n) is 14.0. The number of carbonyl (C=O) groups is 1. The lowest BCUT2D eigenvalue weighted by molar-refractivity contribution is 0.0532. The summed E-state index contributed by atoms with van der Waals surface area (Å²) in [7, 11) is 0. The van der Waals surface area contributed by atoms with Gasteiger partial charge in [0, 0.05) is 32.7 Å². The third-order valence-electron chi connectivity index (χ3n) is 3.54. The number of phenolic OH excluding ortho intramolecular Hbond substituents is 1. The van der Waals surface area contributed by atoms with Crippen LogP contribution >= 0.6 is 17.0 Å². The molecule has 0 saturated carbocycles. The zero-order chi connectivity index (χ0) is 17.2. The third kappa shape index (κ3) is 8.39. The minimum atomic E-state index is -0.659. The fourth-order valence-corrected chi connectivity index (χ4v) is 2.20. The molecule has 0 aliphatic carbocycles.